The fraction of sp³-hybridized carbons (Fsp3) is 0.286. The highest BCUT2D eigenvalue weighted by Gasteiger charge is 2.21. The molecule has 0 atom stereocenters. The van der Waals surface area contributed by atoms with Gasteiger partial charge in [-0.1, -0.05) is 18.2 Å². The summed E-state index contributed by atoms with van der Waals surface area (Å²) >= 11 is 0. The van der Waals surface area contributed by atoms with Gasteiger partial charge in [0.1, 0.15) is 11.5 Å². The summed E-state index contributed by atoms with van der Waals surface area (Å²) in [6.45, 7) is 1.91. The largest absolute Gasteiger partial charge is 0.395 e. The molecule has 0 saturated heterocycles. The predicted molar refractivity (Wildman–Crippen MR) is 74.6 cm³/mol. The highest BCUT2D eigenvalue weighted by molar-refractivity contribution is 5.97. The quantitative estimate of drug-likeness (QED) is 0.928. The van der Waals surface area contributed by atoms with Gasteiger partial charge in [0.2, 0.25) is 0 Å². The van der Waals surface area contributed by atoms with Crippen LogP contribution < -0.4 is 5.73 Å². The Balaban J connectivity index is 2.23. The van der Waals surface area contributed by atoms with Gasteiger partial charge in [-0.25, -0.2) is 4.39 Å². The molecule has 5 nitrogen and oxygen atoms in total. The lowest BCUT2D eigenvalue weighted by Gasteiger charge is -2.18. The first-order valence-electron chi connectivity index (χ1n) is 6.19. The van der Waals surface area contributed by atoms with Crippen molar-refractivity contribution in [1.29, 1.82) is 0 Å². The third-order valence-electron chi connectivity index (χ3n) is 3.18. The molecule has 1 heterocycles. The van der Waals surface area contributed by atoms with E-state index in [9.17, 15) is 9.18 Å². The minimum absolute atomic E-state index is 0.176. The number of aryl methyl sites for hydroxylation is 2. The maximum atomic E-state index is 13.6. The van der Waals surface area contributed by atoms with Crippen LogP contribution in [0.5, 0.6) is 0 Å². The standard InChI is InChI=1S/C14H17FN4O/c1-9-12(16)13(19(3)17-9)14(20)18(2)8-10-6-4-5-7-11(10)15/h4-7H,8,16H2,1-3H3. The summed E-state index contributed by atoms with van der Waals surface area (Å²) in [5.41, 5.74) is 7.61. The summed E-state index contributed by atoms with van der Waals surface area (Å²) in [6, 6.07) is 6.37. The van der Waals surface area contributed by atoms with Crippen molar-refractivity contribution >= 4 is 11.6 Å². The predicted octanol–water partition coefficient (Wildman–Crippen LogP) is 1.72. The monoisotopic (exact) mass is 276 g/mol. The van der Waals surface area contributed by atoms with E-state index in [0.29, 0.717) is 22.6 Å². The van der Waals surface area contributed by atoms with Gasteiger partial charge in [0.05, 0.1) is 11.4 Å². The van der Waals surface area contributed by atoms with Gasteiger partial charge in [-0.15, -0.1) is 0 Å². The maximum Gasteiger partial charge on any atom is 0.274 e. The third kappa shape index (κ3) is 2.49. The molecule has 0 fully saturated rings. The molecule has 0 aliphatic carbocycles. The zero-order valence-corrected chi connectivity index (χ0v) is 11.7. The van der Waals surface area contributed by atoms with Gasteiger partial charge in [-0.05, 0) is 13.0 Å². The number of benzene rings is 1. The number of anilines is 1. The number of halogens is 1. The Morgan fingerprint density at radius 3 is 2.65 bits per heavy atom. The zero-order valence-electron chi connectivity index (χ0n) is 11.7. The first kappa shape index (κ1) is 14.0. The van der Waals surface area contributed by atoms with Gasteiger partial charge < -0.3 is 10.6 Å². The van der Waals surface area contributed by atoms with Crippen molar-refractivity contribution in [1.82, 2.24) is 14.7 Å². The number of nitrogens with two attached hydrogens (primary N) is 1. The molecule has 0 aliphatic rings. The number of nitrogens with zero attached hydrogens (tertiary/aromatic N) is 3. The third-order valence-corrected chi connectivity index (χ3v) is 3.18. The molecule has 2 N–H and O–H groups in total. The lowest BCUT2D eigenvalue weighted by molar-refractivity contribution is 0.0774. The molecule has 1 aromatic heterocycles. The summed E-state index contributed by atoms with van der Waals surface area (Å²) in [4.78, 5) is 13.8. The molecule has 1 aromatic carbocycles. The minimum atomic E-state index is -0.332. The van der Waals surface area contributed by atoms with E-state index in [1.807, 2.05) is 0 Å². The van der Waals surface area contributed by atoms with Gasteiger partial charge in [0.15, 0.2) is 0 Å². The molecule has 6 heteroatoms. The second kappa shape index (κ2) is 5.32. The number of hydrogen-bond donors (Lipinski definition) is 1. The van der Waals surface area contributed by atoms with E-state index < -0.39 is 0 Å². The van der Waals surface area contributed by atoms with Crippen molar-refractivity contribution in [3.05, 3.63) is 47.0 Å². The second-order valence-corrected chi connectivity index (χ2v) is 4.72. The Morgan fingerprint density at radius 2 is 2.10 bits per heavy atom. The first-order chi connectivity index (χ1) is 9.41. The number of carbonyl (C=O) groups excluding carboxylic acids is 1. The number of nitrogen functional groups attached to an aromatic ring is 1. The second-order valence-electron chi connectivity index (χ2n) is 4.72. The molecule has 0 saturated carbocycles. The van der Waals surface area contributed by atoms with Gasteiger partial charge in [0, 0.05) is 26.2 Å². The average molecular weight is 276 g/mol. The van der Waals surface area contributed by atoms with Crippen LogP contribution in [-0.2, 0) is 13.6 Å². The Bertz CT molecular complexity index is 651. The lowest BCUT2D eigenvalue weighted by Crippen LogP contribution is -2.29. The zero-order chi connectivity index (χ0) is 14.9. The number of carbonyl (C=O) groups is 1. The van der Waals surface area contributed by atoms with Crippen molar-refractivity contribution in [2.45, 2.75) is 13.5 Å². The van der Waals surface area contributed by atoms with E-state index in [0.717, 1.165) is 0 Å². The molecule has 0 aliphatic heterocycles. The molecular weight excluding hydrogens is 259 g/mol. The summed E-state index contributed by atoms with van der Waals surface area (Å²) in [7, 11) is 3.27. The topological polar surface area (TPSA) is 64.2 Å². The number of hydrogen-bond acceptors (Lipinski definition) is 3. The Morgan fingerprint density at radius 1 is 1.45 bits per heavy atom. The summed E-state index contributed by atoms with van der Waals surface area (Å²) in [5, 5.41) is 4.11. The van der Waals surface area contributed by atoms with E-state index in [-0.39, 0.29) is 18.3 Å². The summed E-state index contributed by atoms with van der Waals surface area (Å²) in [5.74, 6) is -0.616. The minimum Gasteiger partial charge on any atom is -0.395 e. The molecule has 1 amide bonds. The van der Waals surface area contributed by atoms with Crippen LogP contribution in [-0.4, -0.2) is 27.6 Å². The van der Waals surface area contributed by atoms with Gasteiger partial charge >= 0.3 is 0 Å². The summed E-state index contributed by atoms with van der Waals surface area (Å²) in [6.07, 6.45) is 0. The molecule has 0 unspecified atom stereocenters. The van der Waals surface area contributed by atoms with Gasteiger partial charge in [0.25, 0.3) is 5.91 Å². The van der Waals surface area contributed by atoms with Crippen LogP contribution >= 0.6 is 0 Å². The van der Waals surface area contributed by atoms with Crippen LogP contribution in [0, 0.1) is 12.7 Å². The fourth-order valence-electron chi connectivity index (χ4n) is 2.06. The van der Waals surface area contributed by atoms with E-state index >= 15 is 0 Å². The van der Waals surface area contributed by atoms with Crippen LogP contribution in [0.4, 0.5) is 10.1 Å². The Labute approximate surface area is 116 Å². The van der Waals surface area contributed by atoms with Crippen LogP contribution in [0.25, 0.3) is 0 Å². The number of rotatable bonds is 3. The SMILES string of the molecule is Cc1nn(C)c(C(=O)N(C)Cc2ccccc2F)c1N. The molecular formula is C14H17FN4O. The lowest BCUT2D eigenvalue weighted by atomic mass is 10.2. The molecule has 2 rings (SSSR count). The fourth-order valence-corrected chi connectivity index (χ4v) is 2.06. The van der Waals surface area contributed by atoms with E-state index in [1.165, 1.54) is 15.6 Å². The van der Waals surface area contributed by atoms with Crippen LogP contribution in [0.2, 0.25) is 0 Å². The highest BCUT2D eigenvalue weighted by atomic mass is 19.1. The van der Waals surface area contributed by atoms with Crippen molar-refractivity contribution in [2.75, 3.05) is 12.8 Å². The first-order valence-corrected chi connectivity index (χ1v) is 6.19. The van der Waals surface area contributed by atoms with Crippen LogP contribution in [0.15, 0.2) is 24.3 Å². The highest BCUT2D eigenvalue weighted by Crippen LogP contribution is 2.18. The van der Waals surface area contributed by atoms with E-state index in [1.54, 1.807) is 39.2 Å². The smallest absolute Gasteiger partial charge is 0.274 e. The van der Waals surface area contributed by atoms with E-state index in [2.05, 4.69) is 5.10 Å². The van der Waals surface area contributed by atoms with E-state index in [4.69, 9.17) is 5.73 Å². The normalized spacial score (nSPS) is 10.6. The van der Waals surface area contributed by atoms with Crippen molar-refractivity contribution in [3.8, 4) is 0 Å². The molecule has 0 bridgehead atoms. The van der Waals surface area contributed by atoms with Gasteiger partial charge in [-0.3, -0.25) is 9.48 Å². The molecule has 2 aromatic rings. The summed E-state index contributed by atoms with van der Waals surface area (Å²) < 4.78 is 15.0. The maximum absolute atomic E-state index is 13.6. The van der Waals surface area contributed by atoms with Crippen molar-refractivity contribution in [3.63, 3.8) is 0 Å². The number of amides is 1. The van der Waals surface area contributed by atoms with Crippen molar-refractivity contribution in [2.24, 2.45) is 7.05 Å². The van der Waals surface area contributed by atoms with Crippen molar-refractivity contribution < 1.29 is 9.18 Å². The Kier molecular flexibility index (Phi) is 3.74. The molecule has 20 heavy (non-hydrogen) atoms. The van der Waals surface area contributed by atoms with Crippen LogP contribution in [0.1, 0.15) is 21.7 Å². The van der Waals surface area contributed by atoms with Gasteiger partial charge in [-0.2, -0.15) is 5.10 Å². The molecule has 0 spiro atoms. The van der Waals surface area contributed by atoms with Crippen LogP contribution in [0.3, 0.4) is 0 Å². The molecule has 0 radical (unpaired) electrons. The molecule has 106 valence electrons. The average Bonchev–Trinajstić information content (AvgIpc) is 2.65. The Hall–Kier alpha value is -2.37. The number of aromatic nitrogens is 2.